The highest BCUT2D eigenvalue weighted by atomic mass is 32.1. The number of carbonyl (C=O) groups excluding carboxylic acids is 2. The van der Waals surface area contributed by atoms with Gasteiger partial charge in [-0.25, -0.2) is 4.98 Å². The number of nitrogens with one attached hydrogen (secondary N) is 1. The lowest BCUT2D eigenvalue weighted by Crippen LogP contribution is -2.35. The number of thiophene rings is 1. The Morgan fingerprint density at radius 1 is 1.27 bits per heavy atom. The number of nitrogens with zero attached hydrogens (tertiary/aromatic N) is 2. The second-order valence-corrected chi connectivity index (χ2v) is 8.79. The van der Waals surface area contributed by atoms with Gasteiger partial charge < -0.3 is 15.6 Å². The van der Waals surface area contributed by atoms with Crippen LogP contribution in [0.25, 0.3) is 22.2 Å². The second-order valence-electron chi connectivity index (χ2n) is 8.01. The number of primary amides is 1. The smallest absolute Gasteiger partial charge is 0.250 e. The van der Waals surface area contributed by atoms with Crippen LogP contribution in [-0.4, -0.2) is 21.8 Å². The topological polar surface area (TPSA) is 92.1 Å². The summed E-state index contributed by atoms with van der Waals surface area (Å²) in [6.45, 7) is 4.18. The third kappa shape index (κ3) is 2.66. The number of hydrogen-bond acceptors (Lipinski definition) is 4. The predicted octanol–water partition coefficient (Wildman–Crippen LogP) is 4.21. The van der Waals surface area contributed by atoms with Crippen molar-refractivity contribution in [3.63, 3.8) is 0 Å². The molecule has 0 spiro atoms. The van der Waals surface area contributed by atoms with Crippen LogP contribution in [-0.2, 0) is 16.8 Å². The van der Waals surface area contributed by atoms with Crippen molar-refractivity contribution in [1.29, 1.82) is 0 Å². The number of anilines is 1. The van der Waals surface area contributed by atoms with E-state index in [0.717, 1.165) is 22.0 Å². The Balaban J connectivity index is 1.73. The number of amides is 2. The summed E-state index contributed by atoms with van der Waals surface area (Å²) in [6, 6.07) is 11.5. The Bertz CT molecular complexity index is 1300. The lowest BCUT2D eigenvalue weighted by atomic mass is 9.89. The van der Waals surface area contributed by atoms with Crippen LogP contribution in [0.2, 0.25) is 0 Å². The van der Waals surface area contributed by atoms with Gasteiger partial charge in [0.15, 0.2) is 0 Å². The number of para-hydroxylation sites is 1. The summed E-state index contributed by atoms with van der Waals surface area (Å²) in [6.07, 6.45) is 1.83. The molecule has 1 aromatic carbocycles. The fraction of sp³-hybridized carbons (Fsp3) is 0.174. The van der Waals surface area contributed by atoms with Crippen LogP contribution in [0.4, 0.5) is 5.69 Å². The van der Waals surface area contributed by atoms with E-state index in [4.69, 9.17) is 10.7 Å². The zero-order chi connectivity index (χ0) is 21.0. The number of benzene rings is 1. The quantitative estimate of drug-likeness (QED) is 0.522. The first kappa shape index (κ1) is 18.6. The van der Waals surface area contributed by atoms with Crippen molar-refractivity contribution < 1.29 is 9.59 Å². The number of hydrogen-bond donors (Lipinski definition) is 2. The third-order valence-corrected chi connectivity index (χ3v) is 6.43. The number of carbonyl (C=O) groups is 2. The highest BCUT2D eigenvalue weighted by molar-refractivity contribution is 7.07. The maximum atomic E-state index is 13.3. The minimum absolute atomic E-state index is 0.0392. The summed E-state index contributed by atoms with van der Waals surface area (Å²) in [4.78, 5) is 35.5. The second kappa shape index (κ2) is 6.53. The monoisotopic (exact) mass is 416 g/mol. The molecule has 3 aromatic heterocycles. The van der Waals surface area contributed by atoms with Crippen LogP contribution >= 0.6 is 11.3 Å². The van der Waals surface area contributed by atoms with E-state index in [1.807, 2.05) is 61.1 Å². The predicted molar refractivity (Wildman–Crippen MR) is 119 cm³/mol. The van der Waals surface area contributed by atoms with Crippen molar-refractivity contribution >= 4 is 39.7 Å². The van der Waals surface area contributed by atoms with Crippen LogP contribution in [0.5, 0.6) is 0 Å². The Morgan fingerprint density at radius 2 is 2.07 bits per heavy atom. The summed E-state index contributed by atoms with van der Waals surface area (Å²) in [5, 5.41) is 4.94. The van der Waals surface area contributed by atoms with Crippen LogP contribution in [0.3, 0.4) is 0 Å². The van der Waals surface area contributed by atoms with E-state index in [9.17, 15) is 9.59 Å². The van der Waals surface area contributed by atoms with Gasteiger partial charge in [0.1, 0.15) is 0 Å². The van der Waals surface area contributed by atoms with Gasteiger partial charge in [0, 0.05) is 22.7 Å². The molecule has 0 unspecified atom stereocenters. The summed E-state index contributed by atoms with van der Waals surface area (Å²) < 4.78 is 0. The lowest BCUT2D eigenvalue weighted by Gasteiger charge is -2.19. The number of aromatic nitrogens is 2. The molecule has 1 aliphatic rings. The van der Waals surface area contributed by atoms with Gasteiger partial charge in [-0.15, -0.1) is 0 Å². The Labute approximate surface area is 177 Å². The van der Waals surface area contributed by atoms with Gasteiger partial charge in [0.05, 0.1) is 34.6 Å². The Morgan fingerprint density at radius 3 is 2.80 bits per heavy atom. The Kier molecular flexibility index (Phi) is 4.04. The first-order chi connectivity index (χ1) is 14.4. The van der Waals surface area contributed by atoms with E-state index in [1.54, 1.807) is 22.3 Å². The summed E-state index contributed by atoms with van der Waals surface area (Å²) in [5.41, 5.74) is 9.84. The minimum atomic E-state index is -0.803. The first-order valence-corrected chi connectivity index (χ1v) is 10.6. The molecule has 7 heteroatoms. The normalized spacial score (nSPS) is 15.0. The molecule has 0 saturated heterocycles. The summed E-state index contributed by atoms with van der Waals surface area (Å²) >= 11 is 1.58. The molecule has 150 valence electrons. The maximum Gasteiger partial charge on any atom is 0.250 e. The molecule has 0 atom stereocenters. The van der Waals surface area contributed by atoms with Gasteiger partial charge in [-0.05, 0) is 48.4 Å². The molecule has 0 saturated carbocycles. The molecule has 6 nitrogen and oxygen atoms in total. The van der Waals surface area contributed by atoms with Crippen LogP contribution in [0.1, 0.15) is 35.5 Å². The molecule has 0 aliphatic carbocycles. The van der Waals surface area contributed by atoms with Gasteiger partial charge in [-0.3, -0.25) is 9.59 Å². The van der Waals surface area contributed by atoms with Crippen molar-refractivity contribution in [3.05, 3.63) is 70.2 Å². The van der Waals surface area contributed by atoms with Gasteiger partial charge in [-0.2, -0.15) is 11.3 Å². The van der Waals surface area contributed by atoms with Gasteiger partial charge in [0.25, 0.3) is 5.91 Å². The average molecular weight is 417 g/mol. The molecule has 2 amide bonds. The number of H-pyrrole nitrogens is 1. The Hall–Kier alpha value is -3.45. The zero-order valence-corrected chi connectivity index (χ0v) is 17.4. The maximum absolute atomic E-state index is 13.3. The molecule has 0 radical (unpaired) electrons. The molecule has 1 aliphatic heterocycles. The number of fused-ring (bicyclic) bond motifs is 2. The molecule has 4 aromatic rings. The highest BCUT2D eigenvalue weighted by Gasteiger charge is 2.46. The van der Waals surface area contributed by atoms with Crippen molar-refractivity contribution in [1.82, 2.24) is 9.97 Å². The largest absolute Gasteiger partial charge is 0.366 e. The van der Waals surface area contributed by atoms with Crippen LogP contribution < -0.4 is 10.6 Å². The van der Waals surface area contributed by atoms with E-state index in [-0.39, 0.29) is 5.91 Å². The van der Waals surface area contributed by atoms with Crippen LogP contribution in [0.15, 0.2) is 53.4 Å². The standard InChI is InChI=1S/C23H20N4O2S/c1-23(2)20-18(27(22(23)29)11-13-7-8-30-12-13)9-15(21(24)28)19(26-20)16-10-25-17-6-4-3-5-14(16)17/h3-10,12,25H,11H2,1-2H3,(H2,24,28). The number of nitrogens with two attached hydrogens (primary N) is 1. The van der Waals surface area contributed by atoms with E-state index < -0.39 is 11.3 Å². The average Bonchev–Trinajstić information content (AvgIpc) is 3.43. The van der Waals surface area contributed by atoms with Crippen molar-refractivity contribution in [2.75, 3.05) is 4.90 Å². The zero-order valence-electron chi connectivity index (χ0n) is 16.6. The SMILES string of the molecule is CC1(C)C(=O)N(Cc2ccsc2)c2cc(C(N)=O)c(-c3c[nH]c4ccccc34)nc21. The number of rotatable bonds is 4. The third-order valence-electron chi connectivity index (χ3n) is 5.70. The van der Waals surface area contributed by atoms with Crippen molar-refractivity contribution in [2.24, 2.45) is 5.73 Å². The molecular formula is C23H20N4O2S. The first-order valence-electron chi connectivity index (χ1n) is 9.63. The van der Waals surface area contributed by atoms with Gasteiger partial charge >= 0.3 is 0 Å². The van der Waals surface area contributed by atoms with E-state index in [1.165, 1.54) is 0 Å². The molecule has 30 heavy (non-hydrogen) atoms. The number of pyridine rings is 1. The van der Waals surface area contributed by atoms with Gasteiger partial charge in [0.2, 0.25) is 5.91 Å². The van der Waals surface area contributed by atoms with E-state index in [2.05, 4.69) is 4.98 Å². The molecule has 5 rings (SSSR count). The van der Waals surface area contributed by atoms with Crippen LogP contribution in [0, 0.1) is 0 Å². The van der Waals surface area contributed by atoms with Gasteiger partial charge in [-0.1, -0.05) is 18.2 Å². The molecule has 3 N–H and O–H groups in total. The van der Waals surface area contributed by atoms with Crippen molar-refractivity contribution in [3.8, 4) is 11.3 Å². The molecule has 4 heterocycles. The molecule has 0 fully saturated rings. The molecular weight excluding hydrogens is 396 g/mol. The fourth-order valence-electron chi connectivity index (χ4n) is 4.10. The van der Waals surface area contributed by atoms with E-state index in [0.29, 0.717) is 29.2 Å². The molecule has 0 bridgehead atoms. The van der Waals surface area contributed by atoms with Crippen molar-refractivity contribution in [2.45, 2.75) is 25.8 Å². The minimum Gasteiger partial charge on any atom is -0.366 e. The summed E-state index contributed by atoms with van der Waals surface area (Å²) in [5.74, 6) is -0.610. The fourth-order valence-corrected chi connectivity index (χ4v) is 4.76. The summed E-state index contributed by atoms with van der Waals surface area (Å²) in [7, 11) is 0. The lowest BCUT2D eigenvalue weighted by molar-refractivity contribution is -0.122. The number of aromatic amines is 1. The highest BCUT2D eigenvalue weighted by Crippen LogP contribution is 2.44. The van der Waals surface area contributed by atoms with E-state index >= 15 is 0 Å².